The van der Waals surface area contributed by atoms with Crippen molar-refractivity contribution >= 4 is 5.84 Å². The summed E-state index contributed by atoms with van der Waals surface area (Å²) in [4.78, 5) is 4.50. The zero-order chi connectivity index (χ0) is 11.8. The third-order valence-electron chi connectivity index (χ3n) is 3.54. The van der Waals surface area contributed by atoms with Gasteiger partial charge in [-0.1, -0.05) is 18.2 Å². The molecule has 0 aromatic heterocycles. The molecule has 0 fully saturated rings. The Morgan fingerprint density at radius 1 is 1.41 bits per heavy atom. The van der Waals surface area contributed by atoms with Crippen LogP contribution in [-0.2, 0) is 11.2 Å². The predicted octanol–water partition coefficient (Wildman–Crippen LogP) is 2.00. The second-order valence-corrected chi connectivity index (χ2v) is 4.87. The number of hydrogen-bond acceptors (Lipinski definition) is 3. The maximum atomic E-state index is 6.06. The average Bonchev–Trinajstić information content (AvgIpc) is 2.83. The highest BCUT2D eigenvalue weighted by Crippen LogP contribution is 2.33. The third kappa shape index (κ3) is 1.84. The SMILES string of the molecule is Cc1cccc2c1C[C@H](C)OC2C1=NCCN1. The van der Waals surface area contributed by atoms with Crippen molar-refractivity contribution in [1.29, 1.82) is 0 Å². The summed E-state index contributed by atoms with van der Waals surface area (Å²) in [6.07, 6.45) is 1.28. The molecule has 2 aliphatic rings. The van der Waals surface area contributed by atoms with Crippen LogP contribution in [0, 0.1) is 6.92 Å². The minimum Gasteiger partial charge on any atom is -0.369 e. The lowest BCUT2D eigenvalue weighted by Crippen LogP contribution is -2.34. The molecule has 2 heterocycles. The zero-order valence-corrected chi connectivity index (χ0v) is 10.4. The van der Waals surface area contributed by atoms with Crippen LogP contribution in [0.5, 0.6) is 0 Å². The van der Waals surface area contributed by atoms with Gasteiger partial charge in [-0.25, -0.2) is 0 Å². The van der Waals surface area contributed by atoms with Crippen LogP contribution in [0.2, 0.25) is 0 Å². The Hall–Kier alpha value is -1.35. The lowest BCUT2D eigenvalue weighted by atomic mass is 9.90. The van der Waals surface area contributed by atoms with E-state index in [9.17, 15) is 0 Å². The van der Waals surface area contributed by atoms with E-state index in [2.05, 4.69) is 42.4 Å². The van der Waals surface area contributed by atoms with E-state index in [-0.39, 0.29) is 12.2 Å². The zero-order valence-electron chi connectivity index (χ0n) is 10.4. The lowest BCUT2D eigenvalue weighted by Gasteiger charge is -2.31. The fourth-order valence-electron chi connectivity index (χ4n) is 2.69. The number of aryl methyl sites for hydroxylation is 1. The van der Waals surface area contributed by atoms with Gasteiger partial charge in [-0.2, -0.15) is 0 Å². The third-order valence-corrected chi connectivity index (χ3v) is 3.54. The molecular formula is C14H18N2O. The van der Waals surface area contributed by atoms with Gasteiger partial charge in [0.1, 0.15) is 11.9 Å². The van der Waals surface area contributed by atoms with E-state index in [1.54, 1.807) is 0 Å². The van der Waals surface area contributed by atoms with Crippen LogP contribution in [-0.4, -0.2) is 25.0 Å². The molecule has 1 aromatic carbocycles. The molecule has 3 nitrogen and oxygen atoms in total. The Kier molecular flexibility index (Phi) is 2.63. The standard InChI is InChI=1S/C14H18N2O/c1-9-4-3-5-11-12(9)8-10(2)17-13(11)14-15-6-7-16-14/h3-5,10,13H,6-8H2,1-2H3,(H,15,16)/t10-,13?/m0/s1. The van der Waals surface area contributed by atoms with Crippen LogP contribution in [0.3, 0.4) is 0 Å². The molecular weight excluding hydrogens is 212 g/mol. The van der Waals surface area contributed by atoms with Gasteiger partial charge in [-0.15, -0.1) is 0 Å². The first-order chi connectivity index (χ1) is 8.25. The van der Waals surface area contributed by atoms with Crippen molar-refractivity contribution in [3.63, 3.8) is 0 Å². The fraction of sp³-hybridized carbons (Fsp3) is 0.500. The minimum atomic E-state index is 0.0103. The van der Waals surface area contributed by atoms with Gasteiger partial charge in [-0.05, 0) is 37.0 Å². The Bertz CT molecular complexity index is 467. The molecule has 2 aliphatic heterocycles. The molecule has 0 aliphatic carbocycles. The van der Waals surface area contributed by atoms with Crippen molar-refractivity contribution in [3.05, 3.63) is 34.9 Å². The van der Waals surface area contributed by atoms with Crippen LogP contribution < -0.4 is 5.32 Å². The van der Waals surface area contributed by atoms with Crippen molar-refractivity contribution in [2.45, 2.75) is 32.5 Å². The summed E-state index contributed by atoms with van der Waals surface area (Å²) in [5, 5.41) is 3.33. The van der Waals surface area contributed by atoms with Crippen LogP contribution in [0.15, 0.2) is 23.2 Å². The average molecular weight is 230 g/mol. The molecule has 90 valence electrons. The summed E-state index contributed by atoms with van der Waals surface area (Å²) >= 11 is 0. The van der Waals surface area contributed by atoms with Gasteiger partial charge < -0.3 is 10.1 Å². The van der Waals surface area contributed by atoms with E-state index in [1.807, 2.05) is 0 Å². The molecule has 17 heavy (non-hydrogen) atoms. The van der Waals surface area contributed by atoms with Crippen LogP contribution in [0.4, 0.5) is 0 Å². The van der Waals surface area contributed by atoms with Gasteiger partial charge in [0.25, 0.3) is 0 Å². The summed E-state index contributed by atoms with van der Waals surface area (Å²) in [5.74, 6) is 1.00. The van der Waals surface area contributed by atoms with Crippen molar-refractivity contribution in [2.24, 2.45) is 4.99 Å². The Labute approximate surface area is 102 Å². The van der Waals surface area contributed by atoms with Crippen LogP contribution in [0.25, 0.3) is 0 Å². The number of nitrogens with zero attached hydrogens (tertiary/aromatic N) is 1. The maximum Gasteiger partial charge on any atom is 0.140 e. The first-order valence-corrected chi connectivity index (χ1v) is 6.28. The van der Waals surface area contributed by atoms with Gasteiger partial charge in [-0.3, -0.25) is 4.99 Å². The molecule has 3 rings (SSSR count). The summed E-state index contributed by atoms with van der Waals surface area (Å²) in [5.41, 5.74) is 4.09. The number of hydrogen-bond donors (Lipinski definition) is 1. The summed E-state index contributed by atoms with van der Waals surface area (Å²) < 4.78 is 6.06. The number of aliphatic imine (C=N–C) groups is 1. The first-order valence-electron chi connectivity index (χ1n) is 6.28. The van der Waals surface area contributed by atoms with E-state index in [4.69, 9.17) is 4.74 Å². The Morgan fingerprint density at radius 2 is 2.29 bits per heavy atom. The van der Waals surface area contributed by atoms with E-state index in [0.29, 0.717) is 0 Å². The highest BCUT2D eigenvalue weighted by atomic mass is 16.5. The van der Waals surface area contributed by atoms with Gasteiger partial charge in [0, 0.05) is 6.54 Å². The molecule has 0 bridgehead atoms. The van der Waals surface area contributed by atoms with E-state index >= 15 is 0 Å². The van der Waals surface area contributed by atoms with Crippen molar-refractivity contribution in [3.8, 4) is 0 Å². The molecule has 3 heteroatoms. The number of rotatable bonds is 1. The number of ether oxygens (including phenoxy) is 1. The fourth-order valence-corrected chi connectivity index (χ4v) is 2.69. The van der Waals surface area contributed by atoms with Crippen molar-refractivity contribution in [2.75, 3.05) is 13.1 Å². The van der Waals surface area contributed by atoms with Gasteiger partial charge >= 0.3 is 0 Å². The minimum absolute atomic E-state index is 0.0103. The smallest absolute Gasteiger partial charge is 0.140 e. The van der Waals surface area contributed by atoms with Gasteiger partial charge in [0.15, 0.2) is 0 Å². The number of fused-ring (bicyclic) bond motifs is 1. The number of nitrogens with one attached hydrogen (secondary N) is 1. The second-order valence-electron chi connectivity index (χ2n) is 4.87. The molecule has 0 radical (unpaired) electrons. The van der Waals surface area contributed by atoms with Crippen LogP contribution >= 0.6 is 0 Å². The Balaban J connectivity index is 2.04. The molecule has 0 saturated heterocycles. The summed E-state index contributed by atoms with van der Waals surface area (Å²) in [6.45, 7) is 6.12. The largest absolute Gasteiger partial charge is 0.369 e. The second kappa shape index (κ2) is 4.15. The van der Waals surface area contributed by atoms with Crippen molar-refractivity contribution in [1.82, 2.24) is 5.32 Å². The van der Waals surface area contributed by atoms with Gasteiger partial charge in [0.2, 0.25) is 0 Å². The molecule has 1 unspecified atom stereocenters. The normalized spacial score (nSPS) is 27.3. The highest BCUT2D eigenvalue weighted by molar-refractivity contribution is 5.89. The molecule has 1 aromatic rings. The van der Waals surface area contributed by atoms with E-state index in [0.717, 1.165) is 25.3 Å². The van der Waals surface area contributed by atoms with E-state index < -0.39 is 0 Å². The monoisotopic (exact) mass is 230 g/mol. The molecule has 1 N–H and O–H groups in total. The Morgan fingerprint density at radius 3 is 3.06 bits per heavy atom. The lowest BCUT2D eigenvalue weighted by molar-refractivity contribution is 0.0206. The number of benzene rings is 1. The van der Waals surface area contributed by atoms with Crippen molar-refractivity contribution < 1.29 is 4.74 Å². The summed E-state index contributed by atoms with van der Waals surface area (Å²) in [7, 11) is 0. The summed E-state index contributed by atoms with van der Waals surface area (Å²) in [6, 6.07) is 6.45. The topological polar surface area (TPSA) is 33.6 Å². The van der Waals surface area contributed by atoms with E-state index in [1.165, 1.54) is 16.7 Å². The quantitative estimate of drug-likeness (QED) is 0.800. The molecule has 0 amide bonds. The molecule has 0 saturated carbocycles. The maximum absolute atomic E-state index is 6.06. The van der Waals surface area contributed by atoms with Crippen LogP contribution in [0.1, 0.15) is 29.7 Å². The molecule has 0 spiro atoms. The first kappa shape index (κ1) is 10.8. The molecule has 2 atom stereocenters. The highest BCUT2D eigenvalue weighted by Gasteiger charge is 2.30. The predicted molar refractivity (Wildman–Crippen MR) is 68.5 cm³/mol. The number of amidine groups is 1. The van der Waals surface area contributed by atoms with Gasteiger partial charge in [0.05, 0.1) is 12.6 Å².